The molecule has 8 heteroatoms. The zero-order valence-electron chi connectivity index (χ0n) is 20.3. The molecule has 1 saturated heterocycles. The number of hydrogen-bond donors (Lipinski definition) is 2. The van der Waals surface area contributed by atoms with Gasteiger partial charge in [0.05, 0.1) is 20.8 Å². The fourth-order valence-corrected chi connectivity index (χ4v) is 4.31. The lowest BCUT2D eigenvalue weighted by atomic mass is 10.2. The van der Waals surface area contributed by atoms with E-state index in [0.29, 0.717) is 12.6 Å². The second kappa shape index (κ2) is 12.7. The number of nitrogens with zero attached hydrogens (tertiary/aromatic N) is 3. The van der Waals surface area contributed by atoms with Crippen LogP contribution in [0.15, 0.2) is 59.6 Å². The summed E-state index contributed by atoms with van der Waals surface area (Å²) in [6.07, 6.45) is 5.47. The van der Waals surface area contributed by atoms with Crippen LogP contribution in [0, 0.1) is 0 Å². The molecule has 1 fully saturated rings. The molecule has 0 radical (unpaired) electrons. The molecular formula is C26H36IN5O2. The van der Waals surface area contributed by atoms with Crippen molar-refractivity contribution in [1.82, 2.24) is 10.6 Å². The normalized spacial score (nSPS) is 17.5. The third kappa shape index (κ3) is 6.71. The fourth-order valence-electron chi connectivity index (χ4n) is 4.31. The van der Waals surface area contributed by atoms with Gasteiger partial charge in [-0.05, 0) is 31.0 Å². The summed E-state index contributed by atoms with van der Waals surface area (Å²) in [7, 11) is 3.37. The van der Waals surface area contributed by atoms with E-state index in [9.17, 15) is 0 Å². The lowest BCUT2D eigenvalue weighted by Crippen LogP contribution is -2.44. The Morgan fingerprint density at radius 3 is 2.41 bits per heavy atom. The largest absolute Gasteiger partial charge is 0.497 e. The molecule has 34 heavy (non-hydrogen) atoms. The van der Waals surface area contributed by atoms with Gasteiger partial charge in [-0.25, -0.2) is 4.99 Å². The molecule has 4 rings (SSSR count). The van der Waals surface area contributed by atoms with Crippen molar-refractivity contribution in [2.45, 2.75) is 25.9 Å². The highest BCUT2D eigenvalue weighted by Gasteiger charge is 2.24. The number of benzene rings is 2. The highest BCUT2D eigenvalue weighted by atomic mass is 127. The second-order valence-electron chi connectivity index (χ2n) is 8.39. The van der Waals surface area contributed by atoms with Crippen molar-refractivity contribution < 1.29 is 9.47 Å². The van der Waals surface area contributed by atoms with Gasteiger partial charge in [0.2, 0.25) is 0 Å². The van der Waals surface area contributed by atoms with E-state index >= 15 is 0 Å². The third-order valence-electron chi connectivity index (χ3n) is 6.09. The molecule has 2 aromatic rings. The number of hydrogen-bond acceptors (Lipinski definition) is 5. The lowest BCUT2D eigenvalue weighted by molar-refractivity contribution is 0.394. The average molecular weight is 578 g/mol. The Balaban J connectivity index is 0.00000324. The summed E-state index contributed by atoms with van der Waals surface area (Å²) in [5, 5.41) is 7.03. The fraction of sp³-hybridized carbons (Fsp3) is 0.423. The third-order valence-corrected chi connectivity index (χ3v) is 6.09. The van der Waals surface area contributed by atoms with Crippen molar-refractivity contribution in [3.63, 3.8) is 0 Å². The van der Waals surface area contributed by atoms with Crippen LogP contribution in [0.5, 0.6) is 11.5 Å². The van der Waals surface area contributed by atoms with Gasteiger partial charge in [-0.2, -0.15) is 0 Å². The van der Waals surface area contributed by atoms with Gasteiger partial charge in [0.15, 0.2) is 5.96 Å². The topological polar surface area (TPSA) is 61.4 Å². The van der Waals surface area contributed by atoms with E-state index in [1.54, 1.807) is 14.2 Å². The van der Waals surface area contributed by atoms with E-state index in [1.807, 2.05) is 6.07 Å². The van der Waals surface area contributed by atoms with Crippen LogP contribution < -0.4 is 29.9 Å². The van der Waals surface area contributed by atoms with E-state index in [1.165, 1.54) is 11.3 Å². The number of nitrogens with one attached hydrogen (secondary N) is 2. The van der Waals surface area contributed by atoms with Gasteiger partial charge in [-0.15, -0.1) is 24.0 Å². The first-order valence-corrected chi connectivity index (χ1v) is 11.7. The standard InChI is InChI=1S/C26H35N5O2.HI/c1-4-27-26(28-18-20-8-7-9-22(14-20)30-11-5-6-12-30)29-21-10-13-31(19-21)23-15-24(32-2)17-25(16-23)33-3;/h5-9,14-17,21H,4,10-13,18-19H2,1-3H3,(H2,27,28,29);1H. The number of guanidine groups is 1. The van der Waals surface area contributed by atoms with Crippen LogP contribution in [-0.2, 0) is 6.54 Å². The van der Waals surface area contributed by atoms with Crippen LogP contribution in [0.25, 0.3) is 0 Å². The van der Waals surface area contributed by atoms with Crippen LogP contribution in [0.4, 0.5) is 11.4 Å². The molecular weight excluding hydrogens is 541 g/mol. The average Bonchev–Trinajstić information content (AvgIpc) is 3.55. The predicted molar refractivity (Wildman–Crippen MR) is 151 cm³/mol. The maximum absolute atomic E-state index is 5.44. The molecule has 2 heterocycles. The zero-order chi connectivity index (χ0) is 23.0. The Bertz CT molecular complexity index is 967. The summed E-state index contributed by atoms with van der Waals surface area (Å²) in [5.41, 5.74) is 3.59. The van der Waals surface area contributed by atoms with E-state index in [0.717, 1.165) is 62.3 Å². The summed E-state index contributed by atoms with van der Waals surface area (Å²) < 4.78 is 10.9. The molecule has 2 N–H and O–H groups in total. The van der Waals surface area contributed by atoms with Crippen LogP contribution >= 0.6 is 24.0 Å². The first-order chi connectivity index (χ1) is 16.2. The highest BCUT2D eigenvalue weighted by Crippen LogP contribution is 2.30. The maximum Gasteiger partial charge on any atom is 0.191 e. The maximum atomic E-state index is 5.44. The lowest BCUT2D eigenvalue weighted by Gasteiger charge is -2.21. The van der Waals surface area contributed by atoms with Crippen LogP contribution in [0.3, 0.4) is 0 Å². The van der Waals surface area contributed by atoms with Crippen molar-refractivity contribution >= 4 is 41.3 Å². The molecule has 1 atom stereocenters. The van der Waals surface area contributed by atoms with Gasteiger partial charge in [0, 0.05) is 68.3 Å². The number of ether oxygens (including phenoxy) is 2. The number of anilines is 2. The van der Waals surface area contributed by atoms with Gasteiger partial charge in [-0.3, -0.25) is 0 Å². The van der Waals surface area contributed by atoms with Gasteiger partial charge >= 0.3 is 0 Å². The van der Waals surface area contributed by atoms with Crippen molar-refractivity contribution in [2.75, 3.05) is 56.7 Å². The quantitative estimate of drug-likeness (QED) is 0.214. The van der Waals surface area contributed by atoms with Crippen LogP contribution in [0.2, 0.25) is 0 Å². The zero-order valence-corrected chi connectivity index (χ0v) is 22.6. The Hall–Kier alpha value is -2.62. The summed E-state index contributed by atoms with van der Waals surface area (Å²) in [4.78, 5) is 9.59. The Labute approximate surface area is 220 Å². The molecule has 2 aromatic carbocycles. The van der Waals surface area contributed by atoms with Crippen LogP contribution in [-0.4, -0.2) is 58.9 Å². The van der Waals surface area contributed by atoms with E-state index in [-0.39, 0.29) is 24.0 Å². The first-order valence-electron chi connectivity index (χ1n) is 11.7. The Morgan fingerprint density at radius 2 is 1.74 bits per heavy atom. The second-order valence-corrected chi connectivity index (χ2v) is 8.39. The number of halogens is 1. The molecule has 2 aliphatic rings. The molecule has 184 valence electrons. The smallest absolute Gasteiger partial charge is 0.191 e. The number of rotatable bonds is 8. The molecule has 0 saturated carbocycles. The molecule has 0 amide bonds. The van der Waals surface area contributed by atoms with Crippen molar-refractivity contribution in [3.05, 3.63) is 60.2 Å². The molecule has 1 unspecified atom stereocenters. The van der Waals surface area contributed by atoms with Crippen molar-refractivity contribution in [1.29, 1.82) is 0 Å². The van der Waals surface area contributed by atoms with Crippen LogP contribution in [0.1, 0.15) is 18.9 Å². The van der Waals surface area contributed by atoms with E-state index in [2.05, 4.69) is 75.9 Å². The molecule has 0 bridgehead atoms. The summed E-state index contributed by atoms with van der Waals surface area (Å²) in [6.45, 7) is 7.41. The number of methoxy groups -OCH3 is 2. The van der Waals surface area contributed by atoms with Gasteiger partial charge in [0.25, 0.3) is 0 Å². The SMILES string of the molecule is CCNC(=NCc1cccc(N2CC=CC2)c1)NC1CCN(c2cc(OC)cc(OC)c2)C1.I. The van der Waals surface area contributed by atoms with E-state index in [4.69, 9.17) is 14.5 Å². The molecule has 2 aliphatic heterocycles. The minimum Gasteiger partial charge on any atom is -0.497 e. The van der Waals surface area contributed by atoms with Gasteiger partial charge in [0.1, 0.15) is 11.5 Å². The van der Waals surface area contributed by atoms with Gasteiger partial charge < -0.3 is 29.9 Å². The summed E-state index contributed by atoms with van der Waals surface area (Å²) in [5.74, 6) is 2.48. The first kappa shape index (κ1) is 26.0. The highest BCUT2D eigenvalue weighted by molar-refractivity contribution is 14.0. The minimum absolute atomic E-state index is 0. The molecule has 0 aliphatic carbocycles. The van der Waals surface area contributed by atoms with Gasteiger partial charge in [-0.1, -0.05) is 24.3 Å². The molecule has 7 nitrogen and oxygen atoms in total. The summed E-state index contributed by atoms with van der Waals surface area (Å²) in [6, 6.07) is 15.0. The number of aliphatic imine (C=N–C) groups is 1. The Kier molecular flexibility index (Phi) is 9.74. The minimum atomic E-state index is 0. The Morgan fingerprint density at radius 1 is 1.00 bits per heavy atom. The van der Waals surface area contributed by atoms with Crippen molar-refractivity contribution in [2.24, 2.45) is 4.99 Å². The van der Waals surface area contributed by atoms with Crippen molar-refractivity contribution in [3.8, 4) is 11.5 Å². The predicted octanol–water partition coefficient (Wildman–Crippen LogP) is 4.03. The van der Waals surface area contributed by atoms with E-state index < -0.39 is 0 Å². The molecule has 0 spiro atoms. The summed E-state index contributed by atoms with van der Waals surface area (Å²) >= 11 is 0. The monoisotopic (exact) mass is 577 g/mol. The molecule has 0 aromatic heterocycles.